The molecule has 0 aliphatic carbocycles. The molecule has 1 heterocycles. The molecule has 0 bridgehead atoms. The van der Waals surface area contributed by atoms with Crippen LogP contribution in [0, 0.1) is 0 Å². The summed E-state index contributed by atoms with van der Waals surface area (Å²) in [7, 11) is 0. The molecule has 1 amide bonds. The zero-order chi connectivity index (χ0) is 12.6. The Bertz CT molecular complexity index is 480. The number of hydrogen-bond donors (Lipinski definition) is 1. The third-order valence-corrected chi connectivity index (χ3v) is 2.74. The van der Waals surface area contributed by atoms with Crippen LogP contribution in [0.25, 0.3) is 0 Å². The van der Waals surface area contributed by atoms with E-state index in [2.05, 4.69) is 6.58 Å². The lowest BCUT2D eigenvalue weighted by Crippen LogP contribution is -2.52. The average molecular weight is 232 g/mol. The van der Waals surface area contributed by atoms with Gasteiger partial charge in [-0.15, -0.1) is 6.58 Å². The number of anilines is 2. The molecule has 0 spiro atoms. The highest BCUT2D eigenvalue weighted by atomic mass is 16.5. The molecule has 2 N–H and O–H groups in total. The highest BCUT2D eigenvalue weighted by Crippen LogP contribution is 2.41. The van der Waals surface area contributed by atoms with Gasteiger partial charge >= 0.3 is 0 Å². The van der Waals surface area contributed by atoms with Crippen molar-refractivity contribution in [2.45, 2.75) is 19.4 Å². The van der Waals surface area contributed by atoms with Gasteiger partial charge in [0.05, 0.1) is 5.69 Å². The number of carbonyl (C=O) groups is 1. The minimum Gasteiger partial charge on any atom is -0.476 e. The number of fused-ring (bicyclic) bond motifs is 1. The van der Waals surface area contributed by atoms with Gasteiger partial charge in [-0.05, 0) is 26.0 Å². The van der Waals surface area contributed by atoms with Crippen LogP contribution in [0.1, 0.15) is 13.8 Å². The number of nitrogens with zero attached hydrogens (tertiary/aromatic N) is 1. The summed E-state index contributed by atoms with van der Waals surface area (Å²) < 4.78 is 5.68. The smallest absolute Gasteiger partial charge is 0.271 e. The molecule has 1 aliphatic rings. The fourth-order valence-electron chi connectivity index (χ4n) is 1.96. The van der Waals surface area contributed by atoms with E-state index >= 15 is 0 Å². The standard InChI is InChI=1S/C13H16N2O2/c1-4-8-15-11-9(14)6-5-7-10(11)17-13(2,3)12(15)16/h4-7H,1,8,14H2,2-3H3. The summed E-state index contributed by atoms with van der Waals surface area (Å²) in [4.78, 5) is 13.9. The highest BCUT2D eigenvalue weighted by molar-refractivity contribution is 6.05. The number of para-hydroxylation sites is 1. The SMILES string of the molecule is C=CCN1C(=O)C(C)(C)Oc2cccc(N)c21. The first kappa shape index (κ1) is 11.5. The van der Waals surface area contributed by atoms with Crippen LogP contribution >= 0.6 is 0 Å². The van der Waals surface area contributed by atoms with Crippen LogP contribution in [0.2, 0.25) is 0 Å². The van der Waals surface area contributed by atoms with Crippen LogP contribution in [0.4, 0.5) is 11.4 Å². The molecule has 4 heteroatoms. The molecule has 0 atom stereocenters. The first-order valence-corrected chi connectivity index (χ1v) is 5.48. The van der Waals surface area contributed by atoms with Gasteiger partial charge in [-0.25, -0.2) is 0 Å². The number of ether oxygens (including phenoxy) is 1. The van der Waals surface area contributed by atoms with Crippen molar-refractivity contribution < 1.29 is 9.53 Å². The first-order valence-electron chi connectivity index (χ1n) is 5.48. The van der Waals surface area contributed by atoms with Crippen LogP contribution in [-0.2, 0) is 4.79 Å². The second-order valence-corrected chi connectivity index (χ2v) is 4.51. The Balaban J connectivity index is 2.59. The van der Waals surface area contributed by atoms with Crippen LogP contribution in [-0.4, -0.2) is 18.1 Å². The van der Waals surface area contributed by atoms with Crippen molar-refractivity contribution in [3.63, 3.8) is 0 Å². The molecule has 0 fully saturated rings. The van der Waals surface area contributed by atoms with Crippen LogP contribution < -0.4 is 15.4 Å². The molecule has 1 aliphatic heterocycles. The van der Waals surface area contributed by atoms with Crippen molar-refractivity contribution in [1.82, 2.24) is 0 Å². The molecule has 0 unspecified atom stereocenters. The van der Waals surface area contributed by atoms with Crippen LogP contribution in [0.15, 0.2) is 30.9 Å². The summed E-state index contributed by atoms with van der Waals surface area (Å²) in [6.07, 6.45) is 1.68. The summed E-state index contributed by atoms with van der Waals surface area (Å²) in [5.74, 6) is 0.527. The van der Waals surface area contributed by atoms with E-state index in [1.807, 2.05) is 12.1 Å². The molecule has 0 radical (unpaired) electrons. The average Bonchev–Trinajstić information content (AvgIpc) is 2.24. The van der Waals surface area contributed by atoms with E-state index in [9.17, 15) is 4.79 Å². The van der Waals surface area contributed by atoms with Gasteiger partial charge in [-0.3, -0.25) is 9.69 Å². The fourth-order valence-corrected chi connectivity index (χ4v) is 1.96. The zero-order valence-electron chi connectivity index (χ0n) is 10.1. The minimum absolute atomic E-state index is 0.109. The van der Waals surface area contributed by atoms with Gasteiger partial charge in [0.2, 0.25) is 0 Å². The number of benzene rings is 1. The number of carbonyl (C=O) groups excluding carboxylic acids is 1. The monoisotopic (exact) mass is 232 g/mol. The van der Waals surface area contributed by atoms with Crippen molar-refractivity contribution in [2.75, 3.05) is 17.2 Å². The zero-order valence-corrected chi connectivity index (χ0v) is 10.1. The van der Waals surface area contributed by atoms with Gasteiger partial charge in [-0.1, -0.05) is 12.1 Å². The van der Waals surface area contributed by atoms with Gasteiger partial charge in [0.25, 0.3) is 5.91 Å². The normalized spacial score (nSPS) is 17.3. The Kier molecular flexibility index (Phi) is 2.58. The predicted octanol–water partition coefficient (Wildman–Crippen LogP) is 1.96. The summed E-state index contributed by atoms with van der Waals surface area (Å²) in [6, 6.07) is 5.38. The minimum atomic E-state index is -0.871. The van der Waals surface area contributed by atoms with Crippen molar-refractivity contribution in [1.29, 1.82) is 0 Å². The van der Waals surface area contributed by atoms with Gasteiger partial charge in [0.15, 0.2) is 5.60 Å². The lowest BCUT2D eigenvalue weighted by atomic mass is 10.0. The Morgan fingerprint density at radius 3 is 2.88 bits per heavy atom. The quantitative estimate of drug-likeness (QED) is 0.626. The Morgan fingerprint density at radius 1 is 1.53 bits per heavy atom. The van der Waals surface area contributed by atoms with E-state index in [0.717, 1.165) is 0 Å². The number of nitrogen functional groups attached to an aromatic ring is 1. The molecule has 2 rings (SSSR count). The van der Waals surface area contributed by atoms with Crippen LogP contribution in [0.3, 0.4) is 0 Å². The third kappa shape index (κ3) is 1.75. The molecule has 0 saturated heterocycles. The summed E-state index contributed by atoms with van der Waals surface area (Å²) in [5.41, 5.74) is 6.20. The molecule has 0 saturated carbocycles. The number of hydrogen-bond acceptors (Lipinski definition) is 3. The second kappa shape index (κ2) is 3.80. The molecule has 1 aromatic rings. The molecule has 0 aromatic heterocycles. The lowest BCUT2D eigenvalue weighted by Gasteiger charge is -2.38. The molecule has 1 aromatic carbocycles. The van der Waals surface area contributed by atoms with E-state index in [1.165, 1.54) is 0 Å². The lowest BCUT2D eigenvalue weighted by molar-refractivity contribution is -0.132. The molecule has 17 heavy (non-hydrogen) atoms. The summed E-state index contributed by atoms with van der Waals surface area (Å²) in [5, 5.41) is 0. The Morgan fingerprint density at radius 2 is 2.24 bits per heavy atom. The first-order chi connectivity index (χ1) is 7.97. The fraction of sp³-hybridized carbons (Fsp3) is 0.308. The number of rotatable bonds is 2. The van der Waals surface area contributed by atoms with Gasteiger partial charge in [-0.2, -0.15) is 0 Å². The highest BCUT2D eigenvalue weighted by Gasteiger charge is 2.41. The van der Waals surface area contributed by atoms with Crippen molar-refractivity contribution in [2.24, 2.45) is 0 Å². The summed E-state index contributed by atoms with van der Waals surface area (Å²) >= 11 is 0. The van der Waals surface area contributed by atoms with Gasteiger partial charge in [0, 0.05) is 6.54 Å². The maximum atomic E-state index is 12.2. The maximum absolute atomic E-state index is 12.2. The van der Waals surface area contributed by atoms with Crippen molar-refractivity contribution >= 4 is 17.3 Å². The topological polar surface area (TPSA) is 55.6 Å². The van der Waals surface area contributed by atoms with E-state index < -0.39 is 5.60 Å². The Labute approximate surface area is 101 Å². The van der Waals surface area contributed by atoms with Gasteiger partial charge < -0.3 is 10.5 Å². The summed E-state index contributed by atoms with van der Waals surface area (Å²) in [6.45, 7) is 7.58. The van der Waals surface area contributed by atoms with E-state index in [-0.39, 0.29) is 5.91 Å². The van der Waals surface area contributed by atoms with E-state index in [0.29, 0.717) is 23.7 Å². The second-order valence-electron chi connectivity index (χ2n) is 4.51. The predicted molar refractivity (Wildman–Crippen MR) is 68.1 cm³/mol. The molecule has 4 nitrogen and oxygen atoms in total. The Hall–Kier alpha value is -1.97. The van der Waals surface area contributed by atoms with Crippen molar-refractivity contribution in [3.8, 4) is 5.75 Å². The molecular weight excluding hydrogens is 216 g/mol. The van der Waals surface area contributed by atoms with Crippen LogP contribution in [0.5, 0.6) is 5.75 Å². The number of amides is 1. The largest absolute Gasteiger partial charge is 0.476 e. The number of nitrogens with two attached hydrogens (primary N) is 1. The van der Waals surface area contributed by atoms with Crippen molar-refractivity contribution in [3.05, 3.63) is 30.9 Å². The molecular formula is C13H16N2O2. The van der Waals surface area contributed by atoms with E-state index in [4.69, 9.17) is 10.5 Å². The molecule has 90 valence electrons. The van der Waals surface area contributed by atoms with Gasteiger partial charge in [0.1, 0.15) is 11.4 Å². The maximum Gasteiger partial charge on any atom is 0.271 e. The van der Waals surface area contributed by atoms with E-state index in [1.54, 1.807) is 30.9 Å². The third-order valence-electron chi connectivity index (χ3n) is 2.74.